The van der Waals surface area contributed by atoms with Crippen molar-refractivity contribution in [3.63, 3.8) is 0 Å². The molecule has 1 amide bonds. The topological polar surface area (TPSA) is 57.7 Å². The number of piperidine rings is 1. The van der Waals surface area contributed by atoms with Crippen molar-refractivity contribution in [3.05, 3.63) is 59.7 Å². The van der Waals surface area contributed by atoms with Gasteiger partial charge in [-0.25, -0.2) is 8.42 Å². The summed E-state index contributed by atoms with van der Waals surface area (Å²) < 4.78 is 28.3. The number of anilines is 1. The van der Waals surface area contributed by atoms with Crippen LogP contribution in [-0.2, 0) is 16.4 Å². The van der Waals surface area contributed by atoms with Gasteiger partial charge in [-0.2, -0.15) is 0 Å². The molecule has 154 valence electrons. The number of aryl methyl sites for hydroxylation is 1. The Hall–Kier alpha value is -2.34. The number of carbonyl (C=O) groups excluding carboxylic acids is 1. The predicted molar refractivity (Wildman–Crippen MR) is 115 cm³/mol. The first-order chi connectivity index (χ1) is 13.9. The van der Waals surface area contributed by atoms with Crippen LogP contribution >= 0.6 is 0 Å². The van der Waals surface area contributed by atoms with Gasteiger partial charge in [0.1, 0.15) is 0 Å². The molecule has 5 nitrogen and oxygen atoms in total. The SMILES string of the molecule is C[C@@H]1C[C@H](C)CN(C(=O)c2cccc(S(=O)(=O)N3CCCc4ccccc43)c2)C1. The molecule has 2 aromatic rings. The van der Waals surface area contributed by atoms with Gasteiger partial charge in [-0.3, -0.25) is 9.10 Å². The van der Waals surface area contributed by atoms with Crippen molar-refractivity contribution in [2.24, 2.45) is 11.8 Å². The van der Waals surface area contributed by atoms with Gasteiger partial charge < -0.3 is 4.90 Å². The van der Waals surface area contributed by atoms with Crippen molar-refractivity contribution in [1.82, 2.24) is 4.90 Å². The van der Waals surface area contributed by atoms with Crippen LogP contribution in [0.15, 0.2) is 53.4 Å². The second kappa shape index (κ2) is 7.82. The Morgan fingerprint density at radius 1 is 1.00 bits per heavy atom. The molecule has 0 radical (unpaired) electrons. The fourth-order valence-corrected chi connectivity index (χ4v) is 6.26. The fourth-order valence-electron chi connectivity index (χ4n) is 4.68. The fraction of sp³-hybridized carbons (Fsp3) is 0.435. The first kappa shape index (κ1) is 20.0. The second-order valence-corrected chi connectivity index (χ2v) is 10.4. The first-order valence-electron chi connectivity index (χ1n) is 10.4. The number of benzene rings is 2. The number of carbonyl (C=O) groups is 1. The number of hydrogen-bond acceptors (Lipinski definition) is 3. The maximum Gasteiger partial charge on any atom is 0.264 e. The second-order valence-electron chi connectivity index (χ2n) is 8.49. The van der Waals surface area contributed by atoms with E-state index >= 15 is 0 Å². The van der Waals surface area contributed by atoms with Crippen LogP contribution in [0.25, 0.3) is 0 Å². The van der Waals surface area contributed by atoms with Crippen molar-refractivity contribution >= 4 is 21.6 Å². The third-order valence-electron chi connectivity index (χ3n) is 5.89. The van der Waals surface area contributed by atoms with Gasteiger partial charge in [0, 0.05) is 25.2 Å². The molecular formula is C23H28N2O3S. The van der Waals surface area contributed by atoms with E-state index in [2.05, 4.69) is 13.8 Å². The van der Waals surface area contributed by atoms with E-state index < -0.39 is 10.0 Å². The summed E-state index contributed by atoms with van der Waals surface area (Å²) in [6.07, 6.45) is 2.79. The van der Waals surface area contributed by atoms with E-state index in [1.807, 2.05) is 29.2 Å². The Kier molecular flexibility index (Phi) is 5.38. The molecule has 0 bridgehead atoms. The Morgan fingerprint density at radius 3 is 2.48 bits per heavy atom. The van der Waals surface area contributed by atoms with Gasteiger partial charge in [0.15, 0.2) is 0 Å². The average molecular weight is 413 g/mol. The summed E-state index contributed by atoms with van der Waals surface area (Å²) in [5.74, 6) is 0.832. The largest absolute Gasteiger partial charge is 0.338 e. The summed E-state index contributed by atoms with van der Waals surface area (Å²) in [4.78, 5) is 15.1. The third-order valence-corrected chi connectivity index (χ3v) is 7.70. The minimum absolute atomic E-state index is 0.0838. The molecule has 0 N–H and O–H groups in total. The summed E-state index contributed by atoms with van der Waals surface area (Å²) in [6, 6.07) is 14.2. The van der Waals surface area contributed by atoms with E-state index in [9.17, 15) is 13.2 Å². The van der Waals surface area contributed by atoms with Gasteiger partial charge in [-0.05, 0) is 60.9 Å². The van der Waals surface area contributed by atoms with Crippen LogP contribution in [0.3, 0.4) is 0 Å². The Balaban J connectivity index is 1.64. The minimum atomic E-state index is -3.72. The zero-order valence-corrected chi connectivity index (χ0v) is 17.9. The van der Waals surface area contributed by atoms with Crippen molar-refractivity contribution in [2.45, 2.75) is 38.0 Å². The molecule has 1 fully saturated rings. The van der Waals surface area contributed by atoms with Crippen LogP contribution < -0.4 is 4.31 Å². The average Bonchev–Trinajstić information content (AvgIpc) is 2.72. The number of hydrogen-bond donors (Lipinski definition) is 0. The molecule has 0 aliphatic carbocycles. The monoisotopic (exact) mass is 412 g/mol. The van der Waals surface area contributed by atoms with Gasteiger partial charge in [0.2, 0.25) is 0 Å². The van der Waals surface area contributed by atoms with Crippen molar-refractivity contribution in [2.75, 3.05) is 23.9 Å². The number of sulfonamides is 1. The standard InChI is InChI=1S/C23H28N2O3S/c1-17-13-18(2)16-24(15-17)23(26)20-8-5-10-21(14-20)29(27,28)25-12-6-9-19-7-3-4-11-22(19)25/h3-5,7-8,10-11,14,17-18H,6,9,12-13,15-16H2,1-2H3/t17-,18+. The van der Waals surface area contributed by atoms with E-state index in [1.54, 1.807) is 24.3 Å². The summed E-state index contributed by atoms with van der Waals surface area (Å²) >= 11 is 0. The van der Waals surface area contributed by atoms with Crippen LogP contribution in [0.1, 0.15) is 42.6 Å². The van der Waals surface area contributed by atoms with Gasteiger partial charge in [-0.1, -0.05) is 38.1 Å². The molecule has 0 saturated carbocycles. The van der Waals surface area contributed by atoms with Gasteiger partial charge in [-0.15, -0.1) is 0 Å². The number of amides is 1. The maximum absolute atomic E-state index is 13.4. The lowest BCUT2D eigenvalue weighted by Crippen LogP contribution is -2.42. The van der Waals surface area contributed by atoms with Crippen molar-refractivity contribution in [3.8, 4) is 0 Å². The Bertz CT molecular complexity index is 1010. The highest BCUT2D eigenvalue weighted by atomic mass is 32.2. The van der Waals surface area contributed by atoms with Crippen LogP contribution in [0.4, 0.5) is 5.69 Å². The van der Waals surface area contributed by atoms with Crippen molar-refractivity contribution in [1.29, 1.82) is 0 Å². The summed E-state index contributed by atoms with van der Waals surface area (Å²) in [6.45, 7) is 6.22. The molecular weight excluding hydrogens is 384 g/mol. The van der Waals surface area contributed by atoms with E-state index in [4.69, 9.17) is 0 Å². The molecule has 6 heteroatoms. The molecule has 29 heavy (non-hydrogen) atoms. The first-order valence-corrected chi connectivity index (χ1v) is 11.8. The zero-order valence-electron chi connectivity index (χ0n) is 17.0. The van der Waals surface area contributed by atoms with E-state index in [0.29, 0.717) is 23.9 Å². The Labute approximate surface area is 173 Å². The highest BCUT2D eigenvalue weighted by Crippen LogP contribution is 2.32. The zero-order chi connectivity index (χ0) is 20.6. The quantitative estimate of drug-likeness (QED) is 0.767. The summed E-state index contributed by atoms with van der Waals surface area (Å²) in [5.41, 5.74) is 2.23. The number of rotatable bonds is 3. The summed E-state index contributed by atoms with van der Waals surface area (Å²) in [7, 11) is -3.72. The van der Waals surface area contributed by atoms with Crippen LogP contribution in [0.2, 0.25) is 0 Å². The number of fused-ring (bicyclic) bond motifs is 1. The molecule has 2 aliphatic heterocycles. The highest BCUT2D eigenvalue weighted by molar-refractivity contribution is 7.92. The number of likely N-dealkylation sites (tertiary alicyclic amines) is 1. The van der Waals surface area contributed by atoms with Gasteiger partial charge >= 0.3 is 0 Å². The lowest BCUT2D eigenvalue weighted by molar-refractivity contribution is 0.0623. The van der Waals surface area contributed by atoms with E-state index in [-0.39, 0.29) is 10.8 Å². The molecule has 2 atom stereocenters. The normalized spacial score (nSPS) is 22.3. The third kappa shape index (κ3) is 3.90. The predicted octanol–water partition coefficient (Wildman–Crippen LogP) is 3.95. The molecule has 2 heterocycles. The van der Waals surface area contributed by atoms with Crippen LogP contribution in [0, 0.1) is 11.8 Å². The molecule has 4 rings (SSSR count). The molecule has 0 unspecified atom stereocenters. The number of para-hydroxylation sites is 1. The van der Waals surface area contributed by atoms with Crippen LogP contribution in [-0.4, -0.2) is 38.9 Å². The lowest BCUT2D eigenvalue weighted by Gasteiger charge is -2.35. The molecule has 2 aliphatic rings. The minimum Gasteiger partial charge on any atom is -0.338 e. The van der Waals surface area contributed by atoms with Crippen LogP contribution in [0.5, 0.6) is 0 Å². The smallest absolute Gasteiger partial charge is 0.264 e. The molecule has 1 saturated heterocycles. The van der Waals surface area contributed by atoms with Gasteiger partial charge in [0.05, 0.1) is 10.6 Å². The van der Waals surface area contributed by atoms with Crippen molar-refractivity contribution < 1.29 is 13.2 Å². The molecule has 0 spiro atoms. The van der Waals surface area contributed by atoms with Gasteiger partial charge in [0.25, 0.3) is 15.9 Å². The number of nitrogens with zero attached hydrogens (tertiary/aromatic N) is 2. The highest BCUT2D eigenvalue weighted by Gasteiger charge is 2.31. The Morgan fingerprint density at radius 2 is 1.72 bits per heavy atom. The molecule has 2 aromatic carbocycles. The van der Waals surface area contributed by atoms with E-state index in [0.717, 1.165) is 43.6 Å². The summed E-state index contributed by atoms with van der Waals surface area (Å²) in [5, 5.41) is 0. The van der Waals surface area contributed by atoms with E-state index in [1.165, 1.54) is 4.31 Å². The maximum atomic E-state index is 13.4. The molecule has 0 aromatic heterocycles. The lowest BCUT2D eigenvalue weighted by atomic mass is 9.91.